The maximum absolute atomic E-state index is 12.2. The third kappa shape index (κ3) is 7.02. The molecule has 0 saturated heterocycles. The van der Waals surface area contributed by atoms with E-state index in [1.165, 1.54) is 0 Å². The van der Waals surface area contributed by atoms with Crippen molar-refractivity contribution >= 4 is 12.2 Å². The molecule has 0 amide bonds. The van der Waals surface area contributed by atoms with E-state index in [0.29, 0.717) is 12.3 Å². The first kappa shape index (κ1) is 17.3. The molecule has 1 atom stereocenters. The Kier molecular flexibility index (Phi) is 6.06. The van der Waals surface area contributed by atoms with Gasteiger partial charge in [-0.05, 0) is 51.7 Å². The highest BCUT2D eigenvalue weighted by Gasteiger charge is 2.25. The van der Waals surface area contributed by atoms with Crippen LogP contribution in [0.1, 0.15) is 52.3 Å². The van der Waals surface area contributed by atoms with E-state index in [2.05, 4.69) is 23.8 Å². The number of esters is 1. The van der Waals surface area contributed by atoms with Crippen molar-refractivity contribution in [3.05, 3.63) is 29.6 Å². The first-order valence-corrected chi connectivity index (χ1v) is 7.36. The Bertz CT molecular complexity index is 485. The van der Waals surface area contributed by atoms with Crippen LogP contribution in [0.25, 0.3) is 0 Å². The molecule has 1 heterocycles. The summed E-state index contributed by atoms with van der Waals surface area (Å²) < 4.78 is 5.44. The van der Waals surface area contributed by atoms with Gasteiger partial charge in [-0.1, -0.05) is 19.9 Å². The molecule has 1 rings (SSSR count). The van der Waals surface area contributed by atoms with Crippen LogP contribution in [0.4, 0.5) is 0 Å². The van der Waals surface area contributed by atoms with E-state index in [0.717, 1.165) is 11.3 Å². The van der Waals surface area contributed by atoms with Gasteiger partial charge >= 0.3 is 5.97 Å². The molecule has 4 nitrogen and oxygen atoms in total. The molecule has 1 aromatic rings. The first-order chi connectivity index (χ1) is 9.67. The molecule has 0 aliphatic heterocycles. The van der Waals surface area contributed by atoms with Crippen molar-refractivity contribution in [2.75, 3.05) is 0 Å². The Morgan fingerprint density at radius 3 is 2.52 bits per heavy atom. The van der Waals surface area contributed by atoms with Crippen molar-refractivity contribution in [3.8, 4) is 0 Å². The molecule has 0 bridgehead atoms. The minimum Gasteiger partial charge on any atom is -0.458 e. The maximum atomic E-state index is 12.2. The van der Waals surface area contributed by atoms with E-state index in [-0.39, 0.29) is 5.97 Å². The molecule has 0 aromatic carbocycles. The summed E-state index contributed by atoms with van der Waals surface area (Å²) in [6, 6.07) is 3.38. The van der Waals surface area contributed by atoms with E-state index in [4.69, 9.17) is 4.74 Å². The monoisotopic (exact) mass is 290 g/mol. The van der Waals surface area contributed by atoms with Gasteiger partial charge in [-0.25, -0.2) is 4.79 Å². The van der Waals surface area contributed by atoms with Crippen LogP contribution in [0, 0.1) is 12.8 Å². The first-order valence-electron chi connectivity index (χ1n) is 7.36. The van der Waals surface area contributed by atoms with Crippen LogP contribution in [0.15, 0.2) is 23.3 Å². The number of nitrogens with zero attached hydrogens (tertiary/aromatic N) is 2. The summed E-state index contributed by atoms with van der Waals surface area (Å²) in [6.45, 7) is 11.7. The molecular formula is C17H26N2O2. The molecule has 0 saturated carbocycles. The summed E-state index contributed by atoms with van der Waals surface area (Å²) in [5, 5.41) is 0. The zero-order chi connectivity index (χ0) is 16.0. The fourth-order valence-corrected chi connectivity index (χ4v) is 1.76. The van der Waals surface area contributed by atoms with Crippen molar-refractivity contribution in [2.24, 2.45) is 10.9 Å². The van der Waals surface area contributed by atoms with Crippen molar-refractivity contribution < 1.29 is 9.53 Å². The minimum absolute atomic E-state index is 0.278. The SMILES string of the molecule is Cc1ccc(/C=N/C(CC(C)C)C(=O)OC(C)(C)C)nc1. The molecule has 0 aliphatic rings. The summed E-state index contributed by atoms with van der Waals surface area (Å²) in [5.41, 5.74) is 1.35. The predicted octanol–water partition coefficient (Wildman–Crippen LogP) is 3.57. The number of hydrogen-bond donors (Lipinski definition) is 0. The Morgan fingerprint density at radius 2 is 2.05 bits per heavy atom. The second kappa shape index (κ2) is 7.34. The molecule has 0 N–H and O–H groups in total. The van der Waals surface area contributed by atoms with Gasteiger partial charge in [0.25, 0.3) is 0 Å². The Morgan fingerprint density at radius 1 is 1.38 bits per heavy atom. The average Bonchev–Trinajstić information content (AvgIpc) is 2.33. The highest BCUT2D eigenvalue weighted by Crippen LogP contribution is 2.15. The summed E-state index contributed by atoms with van der Waals surface area (Å²) in [7, 11) is 0. The van der Waals surface area contributed by atoms with Gasteiger partial charge in [0.05, 0.1) is 5.69 Å². The Balaban J connectivity index is 2.82. The fraction of sp³-hybridized carbons (Fsp3) is 0.588. The molecule has 21 heavy (non-hydrogen) atoms. The molecule has 116 valence electrons. The Hall–Kier alpha value is -1.71. The zero-order valence-electron chi connectivity index (χ0n) is 13.9. The number of aromatic nitrogens is 1. The molecule has 0 radical (unpaired) electrons. The third-order valence-corrected chi connectivity index (χ3v) is 2.69. The lowest BCUT2D eigenvalue weighted by molar-refractivity contribution is -0.156. The van der Waals surface area contributed by atoms with E-state index in [9.17, 15) is 4.79 Å². The van der Waals surface area contributed by atoms with Crippen LogP contribution in [0.5, 0.6) is 0 Å². The number of carbonyl (C=O) groups excluding carboxylic acids is 1. The number of pyridine rings is 1. The van der Waals surface area contributed by atoms with Crippen LogP contribution >= 0.6 is 0 Å². The molecular weight excluding hydrogens is 264 g/mol. The van der Waals surface area contributed by atoms with Crippen molar-refractivity contribution in [1.82, 2.24) is 4.98 Å². The number of hydrogen-bond acceptors (Lipinski definition) is 4. The predicted molar refractivity (Wildman–Crippen MR) is 85.7 cm³/mol. The van der Waals surface area contributed by atoms with Gasteiger partial charge in [0.1, 0.15) is 11.6 Å². The van der Waals surface area contributed by atoms with Gasteiger partial charge < -0.3 is 4.74 Å². The molecule has 0 aliphatic carbocycles. The van der Waals surface area contributed by atoms with Gasteiger partial charge in [-0.2, -0.15) is 0 Å². The average molecular weight is 290 g/mol. The number of carbonyl (C=O) groups is 1. The van der Waals surface area contributed by atoms with Gasteiger partial charge in [-0.15, -0.1) is 0 Å². The van der Waals surface area contributed by atoms with Crippen LogP contribution in [-0.2, 0) is 9.53 Å². The quantitative estimate of drug-likeness (QED) is 0.615. The molecule has 1 aromatic heterocycles. The molecule has 0 spiro atoms. The Labute approximate surface area is 127 Å². The number of ether oxygens (including phenoxy) is 1. The fourth-order valence-electron chi connectivity index (χ4n) is 1.76. The summed E-state index contributed by atoms with van der Waals surface area (Å²) in [4.78, 5) is 20.9. The second-order valence-electron chi connectivity index (χ2n) is 6.72. The van der Waals surface area contributed by atoms with E-state index < -0.39 is 11.6 Å². The summed E-state index contributed by atoms with van der Waals surface area (Å²) in [5.74, 6) is 0.0882. The lowest BCUT2D eigenvalue weighted by atomic mass is 10.0. The molecule has 0 fully saturated rings. The molecule has 4 heteroatoms. The van der Waals surface area contributed by atoms with Gasteiger partial charge in [0.2, 0.25) is 0 Å². The number of aryl methyl sites for hydroxylation is 1. The van der Waals surface area contributed by atoms with Crippen molar-refractivity contribution in [2.45, 2.75) is 59.6 Å². The summed E-state index contributed by atoms with van der Waals surface area (Å²) in [6.07, 6.45) is 4.10. The topological polar surface area (TPSA) is 51.5 Å². The largest absolute Gasteiger partial charge is 0.458 e. The minimum atomic E-state index is -0.496. The highest BCUT2D eigenvalue weighted by molar-refractivity contribution is 5.82. The smallest absolute Gasteiger partial charge is 0.331 e. The van der Waals surface area contributed by atoms with Crippen LogP contribution in [0.2, 0.25) is 0 Å². The summed E-state index contributed by atoms with van der Waals surface area (Å²) >= 11 is 0. The van der Waals surface area contributed by atoms with E-state index >= 15 is 0 Å². The third-order valence-electron chi connectivity index (χ3n) is 2.69. The number of rotatable bonds is 5. The van der Waals surface area contributed by atoms with Gasteiger partial charge in [0, 0.05) is 12.4 Å². The van der Waals surface area contributed by atoms with E-state index in [1.54, 1.807) is 12.4 Å². The highest BCUT2D eigenvalue weighted by atomic mass is 16.6. The lowest BCUT2D eigenvalue weighted by Crippen LogP contribution is -2.31. The second-order valence-corrected chi connectivity index (χ2v) is 6.72. The zero-order valence-corrected chi connectivity index (χ0v) is 13.9. The van der Waals surface area contributed by atoms with Crippen LogP contribution in [0.3, 0.4) is 0 Å². The number of aliphatic imine (C=N–C) groups is 1. The van der Waals surface area contributed by atoms with Gasteiger partial charge in [-0.3, -0.25) is 9.98 Å². The van der Waals surface area contributed by atoms with Crippen molar-refractivity contribution in [1.29, 1.82) is 0 Å². The van der Waals surface area contributed by atoms with Gasteiger partial charge in [0.15, 0.2) is 0 Å². The normalized spacial score (nSPS) is 13.7. The van der Waals surface area contributed by atoms with E-state index in [1.807, 2.05) is 39.8 Å². The maximum Gasteiger partial charge on any atom is 0.331 e. The standard InChI is InChI=1S/C17H26N2O2/c1-12(2)9-15(16(20)21-17(4,5)6)19-11-14-8-7-13(3)10-18-14/h7-8,10-12,15H,9H2,1-6H3/b19-11+. The molecule has 1 unspecified atom stereocenters. The lowest BCUT2D eigenvalue weighted by Gasteiger charge is -2.23. The van der Waals surface area contributed by atoms with Crippen molar-refractivity contribution in [3.63, 3.8) is 0 Å². The van der Waals surface area contributed by atoms with Crippen LogP contribution < -0.4 is 0 Å². The van der Waals surface area contributed by atoms with Crippen LogP contribution in [-0.4, -0.2) is 28.8 Å².